The standard InChI is InChI=1S/C14H26N2O3/c1-11(2)9-19-12-3-6-16(7-4-12)14(17)13-10-18-8-5-15-13/h11-13,15H,3-10H2,1-2H3. The van der Waals surface area contributed by atoms with Gasteiger partial charge in [-0.1, -0.05) is 13.8 Å². The minimum atomic E-state index is -0.151. The maximum absolute atomic E-state index is 12.3. The third kappa shape index (κ3) is 4.44. The van der Waals surface area contributed by atoms with Gasteiger partial charge in [-0.05, 0) is 18.8 Å². The molecule has 0 aliphatic carbocycles. The van der Waals surface area contributed by atoms with Crippen molar-refractivity contribution in [2.45, 2.75) is 38.8 Å². The number of hydrogen-bond acceptors (Lipinski definition) is 4. The van der Waals surface area contributed by atoms with E-state index in [4.69, 9.17) is 9.47 Å². The van der Waals surface area contributed by atoms with Crippen LogP contribution in [0.5, 0.6) is 0 Å². The molecule has 1 unspecified atom stereocenters. The number of piperidine rings is 1. The second kappa shape index (κ2) is 7.22. The lowest BCUT2D eigenvalue weighted by atomic mass is 10.1. The summed E-state index contributed by atoms with van der Waals surface area (Å²) in [6.07, 6.45) is 2.22. The maximum Gasteiger partial charge on any atom is 0.242 e. The fourth-order valence-electron chi connectivity index (χ4n) is 2.52. The molecule has 0 bridgehead atoms. The van der Waals surface area contributed by atoms with E-state index in [-0.39, 0.29) is 11.9 Å². The zero-order valence-corrected chi connectivity index (χ0v) is 12.1. The SMILES string of the molecule is CC(C)COC1CCN(C(=O)C2COCCN2)CC1. The number of hydrogen-bond donors (Lipinski definition) is 1. The van der Waals surface area contributed by atoms with E-state index in [1.807, 2.05) is 4.90 Å². The summed E-state index contributed by atoms with van der Waals surface area (Å²) in [4.78, 5) is 14.2. The quantitative estimate of drug-likeness (QED) is 0.814. The molecule has 0 radical (unpaired) electrons. The van der Waals surface area contributed by atoms with E-state index in [1.165, 1.54) is 0 Å². The molecule has 1 atom stereocenters. The number of ether oxygens (including phenoxy) is 2. The molecule has 0 spiro atoms. The number of rotatable bonds is 4. The van der Waals surface area contributed by atoms with E-state index in [1.54, 1.807) is 0 Å². The first-order valence-electron chi connectivity index (χ1n) is 7.38. The van der Waals surface area contributed by atoms with Crippen LogP contribution in [0.15, 0.2) is 0 Å². The van der Waals surface area contributed by atoms with Gasteiger partial charge < -0.3 is 19.7 Å². The maximum atomic E-state index is 12.3. The van der Waals surface area contributed by atoms with Crippen LogP contribution in [0, 0.1) is 5.92 Å². The molecule has 2 aliphatic rings. The number of morpholine rings is 1. The average molecular weight is 270 g/mol. The van der Waals surface area contributed by atoms with Gasteiger partial charge in [-0.2, -0.15) is 0 Å². The van der Waals surface area contributed by atoms with Crippen LogP contribution in [0.1, 0.15) is 26.7 Å². The Hall–Kier alpha value is -0.650. The van der Waals surface area contributed by atoms with Crippen molar-refractivity contribution in [1.82, 2.24) is 10.2 Å². The molecule has 0 aromatic rings. The van der Waals surface area contributed by atoms with Gasteiger partial charge in [0.05, 0.1) is 19.3 Å². The molecular formula is C14H26N2O3. The van der Waals surface area contributed by atoms with E-state index in [0.29, 0.717) is 25.2 Å². The first kappa shape index (κ1) is 14.8. The first-order chi connectivity index (χ1) is 9.16. The van der Waals surface area contributed by atoms with E-state index in [2.05, 4.69) is 19.2 Å². The topological polar surface area (TPSA) is 50.8 Å². The van der Waals surface area contributed by atoms with Crippen molar-refractivity contribution in [3.8, 4) is 0 Å². The van der Waals surface area contributed by atoms with Crippen molar-refractivity contribution in [3.63, 3.8) is 0 Å². The third-order valence-corrected chi connectivity index (χ3v) is 3.64. The molecule has 0 saturated carbocycles. The molecule has 2 heterocycles. The normalized spacial score (nSPS) is 25.8. The highest BCUT2D eigenvalue weighted by molar-refractivity contribution is 5.82. The van der Waals surface area contributed by atoms with Crippen LogP contribution in [0.4, 0.5) is 0 Å². The molecule has 19 heavy (non-hydrogen) atoms. The van der Waals surface area contributed by atoms with Gasteiger partial charge in [0, 0.05) is 26.2 Å². The van der Waals surface area contributed by atoms with Gasteiger partial charge in [0.1, 0.15) is 6.04 Å². The number of carbonyl (C=O) groups is 1. The van der Waals surface area contributed by atoms with Crippen LogP contribution in [0.3, 0.4) is 0 Å². The molecule has 2 aliphatic heterocycles. The Bertz CT molecular complexity index is 282. The second-order valence-corrected chi connectivity index (χ2v) is 5.83. The van der Waals surface area contributed by atoms with Crippen molar-refractivity contribution in [2.75, 3.05) is 39.5 Å². The molecule has 5 heteroatoms. The predicted molar refractivity (Wildman–Crippen MR) is 73.0 cm³/mol. The lowest BCUT2D eigenvalue weighted by Crippen LogP contribution is -2.54. The number of nitrogens with zero attached hydrogens (tertiary/aromatic N) is 1. The van der Waals surface area contributed by atoms with Gasteiger partial charge in [0.2, 0.25) is 5.91 Å². The number of nitrogens with one attached hydrogen (secondary N) is 1. The smallest absolute Gasteiger partial charge is 0.242 e. The summed E-state index contributed by atoms with van der Waals surface area (Å²) >= 11 is 0. The Labute approximate surface area is 115 Å². The Morgan fingerprint density at radius 3 is 2.74 bits per heavy atom. The summed E-state index contributed by atoms with van der Waals surface area (Å²) in [6, 6.07) is -0.151. The Morgan fingerprint density at radius 1 is 1.42 bits per heavy atom. The van der Waals surface area contributed by atoms with Gasteiger partial charge in [-0.3, -0.25) is 4.79 Å². The van der Waals surface area contributed by atoms with Crippen LogP contribution < -0.4 is 5.32 Å². The number of amides is 1. The Morgan fingerprint density at radius 2 is 2.16 bits per heavy atom. The summed E-state index contributed by atoms with van der Waals surface area (Å²) in [5.41, 5.74) is 0. The van der Waals surface area contributed by atoms with Crippen LogP contribution in [-0.2, 0) is 14.3 Å². The van der Waals surface area contributed by atoms with Gasteiger partial charge in [0.15, 0.2) is 0 Å². The first-order valence-corrected chi connectivity index (χ1v) is 7.38. The minimum absolute atomic E-state index is 0.151. The summed E-state index contributed by atoms with van der Waals surface area (Å²) in [5.74, 6) is 0.755. The summed E-state index contributed by atoms with van der Waals surface area (Å²) in [7, 11) is 0. The molecule has 2 saturated heterocycles. The molecule has 110 valence electrons. The van der Waals surface area contributed by atoms with Crippen molar-refractivity contribution in [1.29, 1.82) is 0 Å². The average Bonchev–Trinajstić information content (AvgIpc) is 2.46. The van der Waals surface area contributed by atoms with Gasteiger partial charge in [-0.15, -0.1) is 0 Å². The number of likely N-dealkylation sites (tertiary alicyclic amines) is 1. The van der Waals surface area contributed by atoms with E-state index >= 15 is 0 Å². The highest BCUT2D eigenvalue weighted by atomic mass is 16.5. The van der Waals surface area contributed by atoms with Crippen molar-refractivity contribution >= 4 is 5.91 Å². The minimum Gasteiger partial charge on any atom is -0.378 e. The van der Waals surface area contributed by atoms with E-state index < -0.39 is 0 Å². The van der Waals surface area contributed by atoms with Gasteiger partial charge in [0.25, 0.3) is 0 Å². The Balaban J connectivity index is 1.71. The summed E-state index contributed by atoms with van der Waals surface area (Å²) < 4.78 is 11.2. The summed E-state index contributed by atoms with van der Waals surface area (Å²) in [6.45, 7) is 8.72. The van der Waals surface area contributed by atoms with Crippen LogP contribution in [0.2, 0.25) is 0 Å². The lowest BCUT2D eigenvalue weighted by Gasteiger charge is -2.35. The number of carbonyl (C=O) groups excluding carboxylic acids is 1. The van der Waals surface area contributed by atoms with E-state index in [9.17, 15) is 4.79 Å². The Kier molecular flexibility index (Phi) is 5.60. The zero-order chi connectivity index (χ0) is 13.7. The van der Waals surface area contributed by atoms with Crippen LogP contribution in [-0.4, -0.2) is 62.4 Å². The summed E-state index contributed by atoms with van der Waals surface area (Å²) in [5, 5.41) is 3.22. The predicted octanol–water partition coefficient (Wildman–Crippen LogP) is 0.638. The fourth-order valence-corrected chi connectivity index (χ4v) is 2.52. The highest BCUT2D eigenvalue weighted by Crippen LogP contribution is 2.16. The third-order valence-electron chi connectivity index (χ3n) is 3.64. The monoisotopic (exact) mass is 270 g/mol. The molecule has 5 nitrogen and oxygen atoms in total. The molecule has 0 aromatic heterocycles. The molecular weight excluding hydrogens is 244 g/mol. The van der Waals surface area contributed by atoms with Crippen molar-refractivity contribution < 1.29 is 14.3 Å². The van der Waals surface area contributed by atoms with Gasteiger partial charge in [-0.25, -0.2) is 0 Å². The molecule has 2 fully saturated rings. The van der Waals surface area contributed by atoms with Crippen LogP contribution in [0.25, 0.3) is 0 Å². The molecule has 2 rings (SSSR count). The fraction of sp³-hybridized carbons (Fsp3) is 0.929. The van der Waals surface area contributed by atoms with Gasteiger partial charge >= 0.3 is 0 Å². The second-order valence-electron chi connectivity index (χ2n) is 5.83. The van der Waals surface area contributed by atoms with Crippen LogP contribution >= 0.6 is 0 Å². The largest absolute Gasteiger partial charge is 0.378 e. The molecule has 0 aromatic carbocycles. The van der Waals surface area contributed by atoms with Crippen molar-refractivity contribution in [3.05, 3.63) is 0 Å². The molecule has 1 N–H and O–H groups in total. The zero-order valence-electron chi connectivity index (χ0n) is 12.1. The lowest BCUT2D eigenvalue weighted by molar-refractivity contribution is -0.139. The molecule has 1 amide bonds. The highest BCUT2D eigenvalue weighted by Gasteiger charge is 2.29. The van der Waals surface area contributed by atoms with E-state index in [0.717, 1.165) is 39.1 Å². The van der Waals surface area contributed by atoms with Crippen molar-refractivity contribution in [2.24, 2.45) is 5.92 Å².